The predicted molar refractivity (Wildman–Crippen MR) is 121 cm³/mol. The van der Waals surface area contributed by atoms with Crippen LogP contribution in [0.3, 0.4) is 0 Å². The largest absolute Gasteiger partial charge is 0.385 e. The Kier molecular flexibility index (Phi) is 5.81. The van der Waals surface area contributed by atoms with Crippen molar-refractivity contribution in [3.05, 3.63) is 64.1 Å². The van der Waals surface area contributed by atoms with Gasteiger partial charge in [0, 0.05) is 52.5 Å². The molecule has 0 aliphatic rings. The monoisotopic (exact) mass is 424 g/mol. The van der Waals surface area contributed by atoms with E-state index < -0.39 is 0 Å². The number of methoxy groups -OCH3 is 1. The lowest BCUT2D eigenvalue weighted by atomic mass is 10.0. The number of thiophene rings is 1. The number of fused-ring (bicyclic) bond motifs is 3. The molecule has 148 valence electrons. The fourth-order valence-corrected chi connectivity index (χ4v) is 4.78. The average Bonchev–Trinajstić information content (AvgIpc) is 3.12. The quantitative estimate of drug-likeness (QED) is 0.395. The first kappa shape index (κ1) is 19.8. The summed E-state index contributed by atoms with van der Waals surface area (Å²) in [5, 5.41) is 5.61. The van der Waals surface area contributed by atoms with Gasteiger partial charge in [0.05, 0.1) is 5.52 Å². The molecule has 2 aromatic carbocycles. The van der Waals surface area contributed by atoms with Crippen LogP contribution in [0.2, 0.25) is 5.02 Å². The zero-order valence-electron chi connectivity index (χ0n) is 16.3. The number of hydrogen-bond donors (Lipinski definition) is 1. The maximum absolute atomic E-state index is 13.1. The van der Waals surface area contributed by atoms with E-state index in [-0.39, 0.29) is 5.91 Å². The molecule has 4 rings (SSSR count). The Morgan fingerprint density at radius 1 is 1.17 bits per heavy atom. The highest BCUT2D eigenvalue weighted by Crippen LogP contribution is 2.42. The summed E-state index contributed by atoms with van der Waals surface area (Å²) in [5.41, 5.74) is 3.97. The van der Waals surface area contributed by atoms with E-state index in [9.17, 15) is 4.79 Å². The first-order chi connectivity index (χ1) is 14.1. The van der Waals surface area contributed by atoms with Gasteiger partial charge in [0.1, 0.15) is 4.88 Å². The molecule has 0 radical (unpaired) electrons. The van der Waals surface area contributed by atoms with Crippen LogP contribution in [0.4, 0.5) is 0 Å². The number of benzene rings is 2. The minimum absolute atomic E-state index is 0.0759. The van der Waals surface area contributed by atoms with Gasteiger partial charge in [-0.05, 0) is 37.1 Å². The molecular weight excluding hydrogens is 404 g/mol. The fourth-order valence-electron chi connectivity index (χ4n) is 3.37. The number of carbonyl (C=O) groups excluding carboxylic acids is 1. The highest BCUT2D eigenvalue weighted by atomic mass is 35.5. The van der Waals surface area contributed by atoms with Gasteiger partial charge in [-0.3, -0.25) is 9.78 Å². The first-order valence-corrected chi connectivity index (χ1v) is 10.6. The van der Waals surface area contributed by atoms with Gasteiger partial charge in [0.25, 0.3) is 5.91 Å². The number of aromatic nitrogens is 1. The van der Waals surface area contributed by atoms with Crippen LogP contribution in [-0.4, -0.2) is 31.2 Å². The van der Waals surface area contributed by atoms with Gasteiger partial charge in [-0.2, -0.15) is 0 Å². The van der Waals surface area contributed by atoms with Crippen molar-refractivity contribution in [3.8, 4) is 11.1 Å². The van der Waals surface area contributed by atoms with Crippen LogP contribution < -0.4 is 5.32 Å². The topological polar surface area (TPSA) is 51.2 Å². The van der Waals surface area contributed by atoms with Crippen molar-refractivity contribution in [2.75, 3.05) is 20.3 Å². The zero-order valence-corrected chi connectivity index (χ0v) is 17.9. The number of aryl methyl sites for hydroxylation is 1. The Balaban J connectivity index is 1.88. The van der Waals surface area contributed by atoms with Crippen LogP contribution in [0.5, 0.6) is 0 Å². The molecular formula is C23H21ClN2O2S. The van der Waals surface area contributed by atoms with Crippen molar-refractivity contribution in [2.45, 2.75) is 13.3 Å². The van der Waals surface area contributed by atoms with Gasteiger partial charge in [0.2, 0.25) is 0 Å². The van der Waals surface area contributed by atoms with Crippen molar-refractivity contribution in [3.63, 3.8) is 0 Å². The summed E-state index contributed by atoms with van der Waals surface area (Å²) in [6.07, 6.45) is 2.63. The standard InChI is InChI=1S/C23H21ClN2O2S/c1-14-4-6-15(7-5-14)20-18-13-26-19-9-8-16(24)12-17(19)21(18)29-22(20)23(27)25-10-3-11-28-2/h4-9,12-13H,3,10-11H2,1-2H3,(H,25,27). The van der Waals surface area contributed by atoms with E-state index >= 15 is 0 Å². The number of nitrogens with one attached hydrogen (secondary N) is 1. The number of nitrogens with zero attached hydrogens (tertiary/aromatic N) is 1. The van der Waals surface area contributed by atoms with E-state index in [1.165, 1.54) is 16.9 Å². The number of pyridine rings is 1. The van der Waals surface area contributed by atoms with E-state index in [0.29, 0.717) is 23.1 Å². The molecule has 1 amide bonds. The number of halogens is 1. The third-order valence-electron chi connectivity index (χ3n) is 4.84. The highest BCUT2D eigenvalue weighted by Gasteiger charge is 2.21. The third-order valence-corrected chi connectivity index (χ3v) is 6.31. The van der Waals surface area contributed by atoms with Crippen LogP contribution in [0.1, 0.15) is 21.7 Å². The number of amides is 1. The molecule has 0 aliphatic carbocycles. The van der Waals surface area contributed by atoms with Gasteiger partial charge in [0.15, 0.2) is 0 Å². The predicted octanol–water partition coefficient (Wildman–Crippen LogP) is 5.84. The van der Waals surface area contributed by atoms with E-state index in [1.807, 2.05) is 24.4 Å². The Morgan fingerprint density at radius 2 is 1.97 bits per heavy atom. The van der Waals surface area contributed by atoms with E-state index in [4.69, 9.17) is 16.3 Å². The minimum atomic E-state index is -0.0759. The summed E-state index contributed by atoms with van der Waals surface area (Å²) in [6, 6.07) is 13.9. The van der Waals surface area contributed by atoms with Crippen molar-refractivity contribution in [1.29, 1.82) is 0 Å². The number of hydrogen-bond acceptors (Lipinski definition) is 4. The van der Waals surface area contributed by atoms with Crippen molar-refractivity contribution >= 4 is 49.8 Å². The molecule has 0 unspecified atom stereocenters. The molecule has 0 fully saturated rings. The number of rotatable bonds is 6. The normalized spacial score (nSPS) is 11.3. The Morgan fingerprint density at radius 3 is 2.72 bits per heavy atom. The van der Waals surface area contributed by atoms with Gasteiger partial charge >= 0.3 is 0 Å². The summed E-state index contributed by atoms with van der Waals surface area (Å²) >= 11 is 7.74. The molecule has 0 spiro atoms. The lowest BCUT2D eigenvalue weighted by molar-refractivity contribution is 0.0953. The van der Waals surface area contributed by atoms with Gasteiger partial charge < -0.3 is 10.1 Å². The van der Waals surface area contributed by atoms with Crippen LogP contribution in [0.15, 0.2) is 48.7 Å². The van der Waals surface area contributed by atoms with Gasteiger partial charge in [-0.25, -0.2) is 0 Å². The van der Waals surface area contributed by atoms with Crippen molar-refractivity contribution in [1.82, 2.24) is 10.3 Å². The fraction of sp³-hybridized carbons (Fsp3) is 0.217. The van der Waals surface area contributed by atoms with Crippen LogP contribution >= 0.6 is 22.9 Å². The number of carbonyl (C=O) groups is 1. The highest BCUT2D eigenvalue weighted by molar-refractivity contribution is 7.22. The molecule has 4 nitrogen and oxygen atoms in total. The minimum Gasteiger partial charge on any atom is -0.385 e. The molecule has 0 bridgehead atoms. The lowest BCUT2D eigenvalue weighted by Crippen LogP contribution is -2.24. The maximum Gasteiger partial charge on any atom is 0.262 e. The summed E-state index contributed by atoms with van der Waals surface area (Å²) in [5.74, 6) is -0.0759. The third kappa shape index (κ3) is 3.99. The summed E-state index contributed by atoms with van der Waals surface area (Å²) in [6.45, 7) is 3.24. The Labute approximate surface area is 178 Å². The van der Waals surface area contributed by atoms with Crippen molar-refractivity contribution < 1.29 is 9.53 Å². The van der Waals surface area contributed by atoms with E-state index in [1.54, 1.807) is 7.11 Å². The molecule has 1 N–H and O–H groups in total. The van der Waals surface area contributed by atoms with Gasteiger partial charge in [-0.1, -0.05) is 41.4 Å². The van der Waals surface area contributed by atoms with E-state index in [0.717, 1.165) is 38.5 Å². The zero-order chi connectivity index (χ0) is 20.4. The summed E-state index contributed by atoms with van der Waals surface area (Å²) in [7, 11) is 1.66. The molecule has 2 aromatic heterocycles. The Bertz CT molecular complexity index is 1190. The average molecular weight is 425 g/mol. The Hall–Kier alpha value is -2.47. The molecule has 0 aliphatic heterocycles. The van der Waals surface area contributed by atoms with Crippen LogP contribution in [0.25, 0.3) is 32.1 Å². The summed E-state index contributed by atoms with van der Waals surface area (Å²) < 4.78 is 6.09. The second-order valence-electron chi connectivity index (χ2n) is 6.94. The van der Waals surface area contributed by atoms with Crippen LogP contribution in [-0.2, 0) is 4.74 Å². The van der Waals surface area contributed by atoms with Crippen LogP contribution in [0, 0.1) is 6.92 Å². The molecule has 6 heteroatoms. The maximum atomic E-state index is 13.1. The summed E-state index contributed by atoms with van der Waals surface area (Å²) in [4.78, 5) is 18.4. The lowest BCUT2D eigenvalue weighted by Gasteiger charge is -2.07. The van der Waals surface area contributed by atoms with E-state index in [2.05, 4.69) is 41.5 Å². The number of ether oxygens (including phenoxy) is 1. The first-order valence-electron chi connectivity index (χ1n) is 9.43. The second-order valence-corrected chi connectivity index (χ2v) is 8.39. The van der Waals surface area contributed by atoms with Crippen molar-refractivity contribution in [2.24, 2.45) is 0 Å². The molecule has 4 aromatic rings. The second kappa shape index (κ2) is 8.49. The molecule has 2 heterocycles. The molecule has 0 atom stereocenters. The smallest absolute Gasteiger partial charge is 0.262 e. The van der Waals surface area contributed by atoms with Gasteiger partial charge in [-0.15, -0.1) is 11.3 Å². The molecule has 29 heavy (non-hydrogen) atoms. The SMILES string of the molecule is COCCCNC(=O)c1sc2c(cnc3ccc(Cl)cc32)c1-c1ccc(C)cc1. The molecule has 0 saturated carbocycles. The molecule has 0 saturated heterocycles.